The van der Waals surface area contributed by atoms with Crippen LogP contribution in [0.15, 0.2) is 55.6 Å². The van der Waals surface area contributed by atoms with Crippen molar-refractivity contribution in [1.82, 2.24) is 31.6 Å². The van der Waals surface area contributed by atoms with Crippen LogP contribution in [-0.4, -0.2) is 88.2 Å². The quantitative estimate of drug-likeness (QED) is 0.0590. The molecule has 2 heterocycles. The number of hydrogen-bond acceptors (Lipinski definition) is 16. The molecule has 0 saturated carbocycles. The van der Waals surface area contributed by atoms with E-state index in [0.29, 0.717) is 12.8 Å². The summed E-state index contributed by atoms with van der Waals surface area (Å²) in [7, 11) is -5.28. The Hall–Kier alpha value is -5.06. The van der Waals surface area contributed by atoms with Crippen molar-refractivity contribution in [1.29, 1.82) is 9.56 Å². The van der Waals surface area contributed by atoms with Gasteiger partial charge in [-0.2, -0.15) is 0 Å². The van der Waals surface area contributed by atoms with Crippen LogP contribution in [0.2, 0.25) is 0 Å². The van der Waals surface area contributed by atoms with Crippen LogP contribution in [0, 0.1) is 21.2 Å². The highest BCUT2D eigenvalue weighted by Crippen LogP contribution is 2.38. The SMILES string of the molecule is C[S@@](=N)(=O)CCNc1nonc1C(=N[C@H]1Cc2ccc(F)cc21)NO.C[S@](=N)(=O)CCNc1nonc1C(=N[C@H]1Cc2ccc(F)cc21)NO. The van der Waals surface area contributed by atoms with Crippen molar-refractivity contribution in [3.63, 3.8) is 0 Å². The Kier molecular flexibility index (Phi) is 11.0. The van der Waals surface area contributed by atoms with Crippen molar-refractivity contribution in [3.05, 3.63) is 81.7 Å². The maximum absolute atomic E-state index is 13.3. The number of hydrogen-bond donors (Lipinski definition) is 8. The van der Waals surface area contributed by atoms with E-state index >= 15 is 0 Å². The van der Waals surface area contributed by atoms with E-state index in [4.69, 9.17) is 9.56 Å². The van der Waals surface area contributed by atoms with E-state index in [1.54, 1.807) is 12.1 Å². The summed E-state index contributed by atoms with van der Waals surface area (Å²) >= 11 is 0. The number of hydroxylamine groups is 2. The number of nitrogens with one attached hydrogen (secondary N) is 6. The molecule has 2 aliphatic rings. The number of aliphatic imine (C=N–C) groups is 2. The Bertz CT molecular complexity index is 1970. The van der Waals surface area contributed by atoms with Crippen LogP contribution in [0.25, 0.3) is 0 Å². The van der Waals surface area contributed by atoms with Gasteiger partial charge in [-0.25, -0.2) is 18.0 Å². The van der Waals surface area contributed by atoms with Gasteiger partial charge in [-0.3, -0.25) is 49.3 Å². The second kappa shape index (κ2) is 15.2. The molecule has 4 atom stereocenters. The van der Waals surface area contributed by atoms with Crippen LogP contribution in [-0.2, 0) is 32.3 Å². The average molecular weight is 737 g/mol. The summed E-state index contributed by atoms with van der Waals surface area (Å²) in [6.07, 6.45) is 3.91. The molecule has 2 aliphatic carbocycles. The van der Waals surface area contributed by atoms with Crippen LogP contribution >= 0.6 is 0 Å². The predicted octanol–water partition coefficient (Wildman–Crippen LogP) is 2.64. The van der Waals surface area contributed by atoms with E-state index in [9.17, 15) is 27.6 Å². The van der Waals surface area contributed by atoms with E-state index in [2.05, 4.69) is 50.5 Å². The van der Waals surface area contributed by atoms with Gasteiger partial charge in [0.05, 0.1) is 12.1 Å². The van der Waals surface area contributed by atoms with Gasteiger partial charge in [-0.15, -0.1) is 0 Å². The molecule has 0 amide bonds. The summed E-state index contributed by atoms with van der Waals surface area (Å²) in [5.74, 6) is -0.0207. The Labute approximate surface area is 284 Å². The van der Waals surface area contributed by atoms with E-state index < -0.39 is 19.5 Å². The monoisotopic (exact) mass is 736 g/mol. The number of rotatable bonds is 12. The van der Waals surface area contributed by atoms with Crippen molar-refractivity contribution >= 4 is 42.8 Å². The van der Waals surface area contributed by atoms with Gasteiger partial charge in [0.15, 0.2) is 23.1 Å². The number of benzene rings is 2. The molecule has 22 heteroatoms. The Morgan fingerprint density at radius 1 is 0.780 bits per heavy atom. The summed E-state index contributed by atoms with van der Waals surface area (Å²) in [4.78, 5) is 8.67. The predicted molar refractivity (Wildman–Crippen MR) is 177 cm³/mol. The molecular formula is C28H34F2N12O6S2. The Balaban J connectivity index is 0.000000194. The van der Waals surface area contributed by atoms with E-state index in [-0.39, 0.29) is 83.0 Å². The molecule has 0 saturated heterocycles. The van der Waals surface area contributed by atoms with Gasteiger partial charge in [-0.1, -0.05) is 12.1 Å². The molecule has 2 aromatic carbocycles. The molecule has 0 radical (unpaired) electrons. The lowest BCUT2D eigenvalue weighted by Gasteiger charge is -2.27. The minimum atomic E-state index is -2.64. The maximum atomic E-state index is 13.3. The number of amidine groups is 2. The molecular weight excluding hydrogens is 703 g/mol. The molecule has 0 spiro atoms. The maximum Gasteiger partial charge on any atom is 0.202 e. The number of anilines is 2. The molecule has 268 valence electrons. The van der Waals surface area contributed by atoms with E-state index in [0.717, 1.165) is 22.3 Å². The van der Waals surface area contributed by atoms with Gasteiger partial charge in [0, 0.05) is 56.6 Å². The molecule has 50 heavy (non-hydrogen) atoms. The molecule has 8 N–H and O–H groups in total. The zero-order valence-corrected chi connectivity index (χ0v) is 28.3. The number of aromatic nitrogens is 4. The molecule has 0 aliphatic heterocycles. The normalized spacial score (nSPS) is 18.8. The summed E-state index contributed by atoms with van der Waals surface area (Å²) in [6, 6.07) is 8.40. The van der Waals surface area contributed by atoms with Gasteiger partial charge < -0.3 is 10.6 Å². The third-order valence-electron chi connectivity index (χ3n) is 7.54. The molecule has 2 aromatic heterocycles. The van der Waals surface area contributed by atoms with E-state index in [1.807, 2.05) is 11.0 Å². The van der Waals surface area contributed by atoms with Crippen LogP contribution in [0.4, 0.5) is 20.4 Å². The Morgan fingerprint density at radius 2 is 1.18 bits per heavy atom. The van der Waals surface area contributed by atoms with Crippen LogP contribution in [0.1, 0.15) is 45.7 Å². The average Bonchev–Trinajstić information content (AvgIpc) is 3.70. The van der Waals surface area contributed by atoms with Gasteiger partial charge in [0.25, 0.3) is 0 Å². The number of halogens is 2. The molecule has 0 fully saturated rings. The van der Waals surface area contributed by atoms with Crippen LogP contribution in [0.5, 0.6) is 0 Å². The highest BCUT2D eigenvalue weighted by atomic mass is 32.2. The topological polar surface area (TPSA) is 273 Å². The molecule has 4 aromatic rings. The Morgan fingerprint density at radius 3 is 1.54 bits per heavy atom. The van der Waals surface area contributed by atoms with Crippen molar-refractivity contribution < 1.29 is 36.9 Å². The standard InChI is InChI=1S/2C14H17FN6O3S/c2*1-25(16,23)5-4-17-13-12(20-24-21-13)14(19-22)18-11-6-8-2-3-9(15)7-10(8)11/h2*2-3,7,11,16,22H,4-6H2,1H3,(H,17,21)(H,18,19)/t11-,25+;11-,25-/m00/s1. The van der Waals surface area contributed by atoms with Crippen molar-refractivity contribution in [3.8, 4) is 0 Å². The largest absolute Gasteiger partial charge is 0.364 e. The van der Waals surface area contributed by atoms with Gasteiger partial charge in [-0.05, 0) is 80.0 Å². The highest BCUT2D eigenvalue weighted by molar-refractivity contribution is 7.91. The molecule has 0 bridgehead atoms. The minimum Gasteiger partial charge on any atom is -0.364 e. The van der Waals surface area contributed by atoms with Gasteiger partial charge in [0.1, 0.15) is 11.6 Å². The molecule has 18 nitrogen and oxygen atoms in total. The lowest BCUT2D eigenvalue weighted by Crippen LogP contribution is -2.26. The summed E-state index contributed by atoms with van der Waals surface area (Å²) in [6.45, 7) is 0.437. The lowest BCUT2D eigenvalue weighted by atomic mass is 9.83. The second-order valence-electron chi connectivity index (χ2n) is 11.5. The zero-order chi connectivity index (χ0) is 36.1. The number of nitrogens with zero attached hydrogens (tertiary/aromatic N) is 6. The fourth-order valence-corrected chi connectivity index (χ4v) is 5.96. The second-order valence-corrected chi connectivity index (χ2v) is 16.3. The first kappa shape index (κ1) is 36.2. The number of fused-ring (bicyclic) bond motifs is 2. The van der Waals surface area contributed by atoms with Crippen molar-refractivity contribution in [2.75, 3.05) is 47.7 Å². The first-order chi connectivity index (χ1) is 23.7. The van der Waals surface area contributed by atoms with E-state index in [1.165, 1.54) is 36.8 Å². The third-order valence-corrected chi connectivity index (χ3v) is 9.50. The minimum absolute atomic E-state index is 0.0202. The third kappa shape index (κ3) is 9.13. The van der Waals surface area contributed by atoms with Crippen LogP contribution in [0.3, 0.4) is 0 Å². The van der Waals surface area contributed by atoms with Crippen LogP contribution < -0.4 is 21.6 Å². The zero-order valence-electron chi connectivity index (χ0n) is 26.6. The summed E-state index contributed by atoms with van der Waals surface area (Å²) in [5, 5.41) is 39.2. The fourth-order valence-electron chi connectivity index (χ4n) is 4.97. The smallest absolute Gasteiger partial charge is 0.202 e. The fraction of sp³-hybridized carbons (Fsp3) is 0.357. The first-order valence-electron chi connectivity index (χ1n) is 14.8. The van der Waals surface area contributed by atoms with Crippen molar-refractivity contribution in [2.45, 2.75) is 24.9 Å². The highest BCUT2D eigenvalue weighted by Gasteiger charge is 2.29. The van der Waals surface area contributed by atoms with Crippen molar-refractivity contribution in [2.24, 2.45) is 9.98 Å². The lowest BCUT2D eigenvalue weighted by molar-refractivity contribution is 0.232. The molecule has 6 rings (SSSR count). The first-order valence-corrected chi connectivity index (χ1v) is 19.1. The summed E-state index contributed by atoms with van der Waals surface area (Å²) in [5.41, 5.74) is 7.68. The summed E-state index contributed by atoms with van der Waals surface area (Å²) < 4.78 is 73.5. The van der Waals surface area contributed by atoms with Gasteiger partial charge >= 0.3 is 0 Å². The van der Waals surface area contributed by atoms with Gasteiger partial charge in [0.2, 0.25) is 11.6 Å². The molecule has 0 unspecified atom stereocenters.